The van der Waals surface area contributed by atoms with Crippen molar-refractivity contribution in [3.8, 4) is 5.69 Å². The van der Waals surface area contributed by atoms with Gasteiger partial charge in [-0.25, -0.2) is 13.1 Å². The molecule has 32 heavy (non-hydrogen) atoms. The number of hydrogen-bond donors (Lipinski definition) is 2. The van der Waals surface area contributed by atoms with Crippen molar-refractivity contribution in [3.05, 3.63) is 93.7 Å². The van der Waals surface area contributed by atoms with E-state index in [4.69, 9.17) is 0 Å². The normalized spacial score (nSPS) is 11.3. The van der Waals surface area contributed by atoms with Gasteiger partial charge in [0, 0.05) is 18.3 Å². The van der Waals surface area contributed by atoms with E-state index >= 15 is 0 Å². The summed E-state index contributed by atoms with van der Waals surface area (Å²) in [5.41, 5.74) is 1.75. The molecule has 4 aromatic rings. The van der Waals surface area contributed by atoms with E-state index in [9.17, 15) is 18.0 Å². The van der Waals surface area contributed by atoms with E-state index in [1.54, 1.807) is 30.1 Å². The number of nitrogens with one attached hydrogen (secondary N) is 2. The molecule has 0 saturated carbocycles. The highest BCUT2D eigenvalue weighted by Crippen LogP contribution is 2.21. The molecular weight excluding hydrogens is 448 g/mol. The third-order valence-electron chi connectivity index (χ3n) is 4.95. The number of carbonyl (C=O) groups is 1. The fourth-order valence-electron chi connectivity index (χ4n) is 3.21. The molecule has 0 fully saturated rings. The minimum Gasteiger partial charge on any atom is -0.316 e. The first kappa shape index (κ1) is 21.6. The molecule has 0 aliphatic rings. The Balaban J connectivity index is 1.55. The number of para-hydroxylation sites is 1. The van der Waals surface area contributed by atoms with Gasteiger partial charge in [-0.3, -0.25) is 19.0 Å². The summed E-state index contributed by atoms with van der Waals surface area (Å²) < 4.78 is 30.5. The molecule has 2 heterocycles. The number of benzene rings is 2. The van der Waals surface area contributed by atoms with Crippen LogP contribution in [0.5, 0.6) is 0 Å². The van der Waals surface area contributed by atoms with Crippen molar-refractivity contribution in [1.82, 2.24) is 9.36 Å². The second-order valence-corrected chi connectivity index (χ2v) is 9.86. The maximum atomic E-state index is 13.0. The number of amides is 1. The van der Waals surface area contributed by atoms with Gasteiger partial charge in [-0.2, -0.15) is 0 Å². The molecule has 2 N–H and O–H groups in total. The van der Waals surface area contributed by atoms with Gasteiger partial charge < -0.3 is 5.32 Å². The first-order chi connectivity index (χ1) is 15.3. The van der Waals surface area contributed by atoms with Crippen molar-refractivity contribution in [3.63, 3.8) is 0 Å². The molecule has 8 nitrogen and oxygen atoms in total. The molecule has 4 rings (SSSR count). The predicted octanol–water partition coefficient (Wildman–Crippen LogP) is 3.60. The first-order valence-corrected chi connectivity index (χ1v) is 12.0. The Bertz CT molecular complexity index is 1420. The lowest BCUT2D eigenvalue weighted by molar-refractivity contribution is 0.102. The molecule has 0 aliphatic carbocycles. The highest BCUT2D eigenvalue weighted by atomic mass is 32.2. The number of sulfonamides is 1. The number of anilines is 2. The van der Waals surface area contributed by atoms with Gasteiger partial charge in [-0.15, -0.1) is 11.3 Å². The molecule has 2 aromatic carbocycles. The van der Waals surface area contributed by atoms with E-state index in [2.05, 4.69) is 10.0 Å². The van der Waals surface area contributed by atoms with Gasteiger partial charge in [0.25, 0.3) is 21.5 Å². The standard InChI is InChI=1S/C22H20N4O4S2/c1-15-20(22(28)26(25(15)2)18-7-4-3-5-8-18)23-21(27)16-10-12-17(13-11-16)24-32(29,30)19-9-6-14-31-19/h3-14,24H,1-2H3,(H,23,27). The Kier molecular flexibility index (Phi) is 5.72. The molecule has 0 bridgehead atoms. The summed E-state index contributed by atoms with van der Waals surface area (Å²) >= 11 is 1.11. The quantitative estimate of drug-likeness (QED) is 0.451. The monoisotopic (exact) mass is 468 g/mol. The largest absolute Gasteiger partial charge is 0.316 e. The van der Waals surface area contributed by atoms with Crippen molar-refractivity contribution < 1.29 is 13.2 Å². The van der Waals surface area contributed by atoms with Gasteiger partial charge >= 0.3 is 0 Å². The van der Waals surface area contributed by atoms with Gasteiger partial charge in [-0.05, 0) is 54.8 Å². The van der Waals surface area contributed by atoms with Crippen LogP contribution in [0.1, 0.15) is 16.1 Å². The van der Waals surface area contributed by atoms with Crippen molar-refractivity contribution >= 4 is 38.6 Å². The first-order valence-electron chi connectivity index (χ1n) is 9.60. The summed E-state index contributed by atoms with van der Waals surface area (Å²) in [7, 11) is -1.93. The van der Waals surface area contributed by atoms with E-state index in [1.807, 2.05) is 30.3 Å². The van der Waals surface area contributed by atoms with Crippen LogP contribution in [0.25, 0.3) is 5.69 Å². The Morgan fingerprint density at radius 2 is 1.66 bits per heavy atom. The van der Waals surface area contributed by atoms with Gasteiger partial charge in [0.2, 0.25) is 0 Å². The zero-order chi connectivity index (χ0) is 22.9. The summed E-state index contributed by atoms with van der Waals surface area (Å²) in [6, 6.07) is 18.3. The smallest absolute Gasteiger partial charge is 0.295 e. The van der Waals surface area contributed by atoms with Gasteiger partial charge in [0.15, 0.2) is 0 Å². The maximum absolute atomic E-state index is 13.0. The van der Waals surface area contributed by atoms with E-state index < -0.39 is 15.9 Å². The van der Waals surface area contributed by atoms with E-state index in [0.717, 1.165) is 11.3 Å². The number of aromatic nitrogens is 2. The van der Waals surface area contributed by atoms with Gasteiger partial charge in [0.1, 0.15) is 9.90 Å². The van der Waals surface area contributed by atoms with Crippen molar-refractivity contribution in [2.24, 2.45) is 7.05 Å². The number of rotatable bonds is 6. The number of hydrogen-bond acceptors (Lipinski definition) is 5. The third kappa shape index (κ3) is 4.10. The lowest BCUT2D eigenvalue weighted by atomic mass is 10.2. The van der Waals surface area contributed by atoms with Crippen molar-refractivity contribution in [2.75, 3.05) is 10.0 Å². The van der Waals surface area contributed by atoms with E-state index in [0.29, 0.717) is 17.1 Å². The molecule has 10 heteroatoms. The SMILES string of the molecule is Cc1c(NC(=O)c2ccc(NS(=O)(=O)c3cccs3)cc2)c(=O)n(-c2ccccc2)n1C. The molecule has 1 amide bonds. The van der Waals surface area contributed by atoms with Crippen LogP contribution in [0.2, 0.25) is 0 Å². The molecule has 0 saturated heterocycles. The Hall–Kier alpha value is -3.63. The van der Waals surface area contributed by atoms with Crippen LogP contribution in [-0.4, -0.2) is 23.7 Å². The number of nitrogens with zero attached hydrogens (tertiary/aromatic N) is 2. The minimum absolute atomic E-state index is 0.184. The lowest BCUT2D eigenvalue weighted by Crippen LogP contribution is -2.23. The third-order valence-corrected chi connectivity index (χ3v) is 7.73. The van der Waals surface area contributed by atoms with Crippen LogP contribution in [0.15, 0.2) is 81.1 Å². The van der Waals surface area contributed by atoms with Crippen LogP contribution in [0.4, 0.5) is 11.4 Å². The summed E-state index contributed by atoms with van der Waals surface area (Å²) in [4.78, 5) is 25.7. The fraction of sp³-hybridized carbons (Fsp3) is 0.0909. The second kappa shape index (κ2) is 8.48. The topological polar surface area (TPSA) is 102 Å². The van der Waals surface area contributed by atoms with Crippen molar-refractivity contribution in [2.45, 2.75) is 11.1 Å². The molecule has 2 aromatic heterocycles. The van der Waals surface area contributed by atoms with Crippen LogP contribution in [0, 0.1) is 6.92 Å². The summed E-state index contributed by atoms with van der Waals surface area (Å²) in [6.07, 6.45) is 0. The molecule has 164 valence electrons. The molecular formula is C22H20N4O4S2. The highest BCUT2D eigenvalue weighted by molar-refractivity contribution is 7.94. The number of thiophene rings is 1. The van der Waals surface area contributed by atoms with E-state index in [1.165, 1.54) is 35.0 Å². The van der Waals surface area contributed by atoms with Crippen LogP contribution in [-0.2, 0) is 17.1 Å². The number of carbonyl (C=O) groups excluding carboxylic acids is 1. The highest BCUT2D eigenvalue weighted by Gasteiger charge is 2.19. The fourth-order valence-corrected chi connectivity index (χ4v) is 5.26. The zero-order valence-corrected chi connectivity index (χ0v) is 18.9. The molecule has 0 atom stereocenters. The Morgan fingerprint density at radius 3 is 2.28 bits per heavy atom. The maximum Gasteiger partial charge on any atom is 0.295 e. The average molecular weight is 469 g/mol. The predicted molar refractivity (Wildman–Crippen MR) is 125 cm³/mol. The van der Waals surface area contributed by atoms with Crippen LogP contribution in [0.3, 0.4) is 0 Å². The summed E-state index contributed by atoms with van der Waals surface area (Å²) in [5.74, 6) is -0.469. The van der Waals surface area contributed by atoms with Crippen molar-refractivity contribution in [1.29, 1.82) is 0 Å². The summed E-state index contributed by atoms with van der Waals surface area (Å²) in [6.45, 7) is 1.75. The zero-order valence-electron chi connectivity index (χ0n) is 17.3. The molecule has 0 radical (unpaired) electrons. The Morgan fingerprint density at radius 1 is 0.969 bits per heavy atom. The minimum atomic E-state index is -3.67. The average Bonchev–Trinajstić information content (AvgIpc) is 3.39. The summed E-state index contributed by atoms with van der Waals surface area (Å²) in [5, 5.41) is 4.37. The van der Waals surface area contributed by atoms with Gasteiger partial charge in [-0.1, -0.05) is 24.3 Å². The molecule has 0 spiro atoms. The molecule has 0 unspecified atom stereocenters. The van der Waals surface area contributed by atoms with Crippen LogP contribution >= 0.6 is 11.3 Å². The lowest BCUT2D eigenvalue weighted by Gasteiger charge is -2.08. The Labute approximate surface area is 188 Å². The molecule has 0 aliphatic heterocycles. The van der Waals surface area contributed by atoms with Crippen LogP contribution < -0.4 is 15.6 Å². The van der Waals surface area contributed by atoms with Gasteiger partial charge in [0.05, 0.1) is 11.4 Å². The second-order valence-electron chi connectivity index (χ2n) is 7.01. The van der Waals surface area contributed by atoms with E-state index in [-0.39, 0.29) is 21.0 Å².